The average Bonchev–Trinajstić information content (AvgIpc) is 3.07. The molecule has 8 heteroatoms. The summed E-state index contributed by atoms with van der Waals surface area (Å²) in [6.07, 6.45) is 0.783. The molecule has 0 spiro atoms. The first-order valence-corrected chi connectivity index (χ1v) is 7.50. The number of H-pyrrole nitrogens is 2. The molecule has 5 nitrogen and oxygen atoms in total. The number of aromatic nitrogens is 3. The fraction of sp³-hybridized carbons (Fsp3) is 0.286. The lowest BCUT2D eigenvalue weighted by atomic mass is 9.89. The van der Waals surface area contributed by atoms with Gasteiger partial charge in [0, 0.05) is 34.9 Å². The molecule has 1 atom stereocenters. The summed E-state index contributed by atoms with van der Waals surface area (Å²) < 4.78 is 27.9. The highest BCUT2D eigenvalue weighted by molar-refractivity contribution is 7.22. The predicted octanol–water partition coefficient (Wildman–Crippen LogP) is 2.59. The summed E-state index contributed by atoms with van der Waals surface area (Å²) in [5.41, 5.74) is 0.958. The maximum atomic E-state index is 13.8. The molecular weight excluding hydrogens is 312 g/mol. The molecule has 1 unspecified atom stereocenters. The van der Waals surface area contributed by atoms with Gasteiger partial charge in [0.15, 0.2) is 0 Å². The molecule has 0 amide bonds. The number of nitrogens with one attached hydrogen (secondary N) is 2. The number of rotatable bonds is 1. The Kier molecular flexibility index (Phi) is 2.76. The lowest BCUT2D eigenvalue weighted by Gasteiger charge is -2.28. The van der Waals surface area contributed by atoms with Gasteiger partial charge in [0.1, 0.15) is 4.70 Å². The highest BCUT2D eigenvalue weighted by Crippen LogP contribution is 2.42. The smallest absolute Gasteiger partial charge is 0.266 e. The molecule has 0 aromatic carbocycles. The van der Waals surface area contributed by atoms with Crippen molar-refractivity contribution in [3.05, 3.63) is 40.1 Å². The Morgan fingerprint density at radius 3 is 3.00 bits per heavy atom. The largest absolute Gasteiger partial charge is 0.387 e. The number of aliphatic hydroxyl groups excluding tert-OH is 1. The third-order valence-electron chi connectivity index (χ3n) is 3.88. The monoisotopic (exact) mass is 323 g/mol. The summed E-state index contributed by atoms with van der Waals surface area (Å²) in [5.74, 6) is -2.98. The van der Waals surface area contributed by atoms with E-state index in [4.69, 9.17) is 0 Å². The van der Waals surface area contributed by atoms with Gasteiger partial charge < -0.3 is 10.1 Å². The highest BCUT2D eigenvalue weighted by atomic mass is 32.1. The summed E-state index contributed by atoms with van der Waals surface area (Å²) in [4.78, 5) is 15.5. The van der Waals surface area contributed by atoms with Crippen LogP contribution in [0.3, 0.4) is 0 Å². The normalized spacial score (nSPS) is 20.2. The van der Waals surface area contributed by atoms with E-state index in [-0.39, 0.29) is 11.3 Å². The van der Waals surface area contributed by atoms with Crippen molar-refractivity contribution in [2.75, 3.05) is 0 Å². The Bertz CT molecular complexity index is 914. The molecule has 0 saturated carbocycles. The van der Waals surface area contributed by atoms with Crippen molar-refractivity contribution >= 4 is 21.4 Å². The van der Waals surface area contributed by atoms with Crippen LogP contribution in [0.4, 0.5) is 8.78 Å². The molecule has 3 heterocycles. The quantitative estimate of drug-likeness (QED) is 0.644. The second-order valence-electron chi connectivity index (χ2n) is 5.44. The highest BCUT2D eigenvalue weighted by Gasteiger charge is 2.40. The van der Waals surface area contributed by atoms with Crippen molar-refractivity contribution in [3.8, 4) is 10.4 Å². The van der Waals surface area contributed by atoms with Gasteiger partial charge in [-0.25, -0.2) is 8.78 Å². The van der Waals surface area contributed by atoms with E-state index < -0.39 is 24.9 Å². The first kappa shape index (κ1) is 13.6. The zero-order valence-electron chi connectivity index (χ0n) is 11.2. The van der Waals surface area contributed by atoms with Gasteiger partial charge in [0.2, 0.25) is 0 Å². The molecule has 3 aromatic heterocycles. The number of aliphatic hydroxyl groups is 1. The van der Waals surface area contributed by atoms with Crippen LogP contribution in [-0.4, -0.2) is 26.2 Å². The molecule has 4 rings (SSSR count). The summed E-state index contributed by atoms with van der Waals surface area (Å²) in [6.45, 7) is 0. The minimum atomic E-state index is -2.98. The molecule has 1 aliphatic carbocycles. The van der Waals surface area contributed by atoms with E-state index in [1.807, 2.05) is 0 Å². The van der Waals surface area contributed by atoms with Gasteiger partial charge >= 0.3 is 0 Å². The topological polar surface area (TPSA) is 81.8 Å². The van der Waals surface area contributed by atoms with Crippen LogP contribution in [0.25, 0.3) is 20.5 Å². The lowest BCUT2D eigenvalue weighted by molar-refractivity contribution is -0.0551. The first-order chi connectivity index (χ1) is 10.4. The average molecular weight is 323 g/mol. The SMILES string of the molecule is O=c1[nH]c2c(c3cc(-c4cn[nH]c4)sc13)CC(F)(F)CC2O. The minimum Gasteiger partial charge on any atom is -0.387 e. The molecule has 114 valence electrons. The second kappa shape index (κ2) is 4.47. The van der Waals surface area contributed by atoms with Crippen LogP contribution in [0.1, 0.15) is 23.8 Å². The van der Waals surface area contributed by atoms with Crippen molar-refractivity contribution in [3.63, 3.8) is 0 Å². The number of fused-ring (bicyclic) bond motifs is 3. The minimum absolute atomic E-state index is 0.208. The third kappa shape index (κ3) is 1.98. The van der Waals surface area contributed by atoms with Gasteiger partial charge in [-0.2, -0.15) is 5.10 Å². The number of nitrogens with zero attached hydrogens (tertiary/aromatic N) is 1. The summed E-state index contributed by atoms with van der Waals surface area (Å²) in [6, 6.07) is 1.72. The van der Waals surface area contributed by atoms with Crippen molar-refractivity contribution in [1.29, 1.82) is 0 Å². The number of halogens is 2. The van der Waals surface area contributed by atoms with Crippen molar-refractivity contribution in [2.45, 2.75) is 24.9 Å². The van der Waals surface area contributed by atoms with Crippen LogP contribution in [0.5, 0.6) is 0 Å². The molecule has 0 radical (unpaired) electrons. The Hall–Kier alpha value is -2.06. The number of thiophene rings is 1. The van der Waals surface area contributed by atoms with Gasteiger partial charge in [0.25, 0.3) is 11.5 Å². The Morgan fingerprint density at radius 1 is 1.45 bits per heavy atom. The number of hydrogen-bond acceptors (Lipinski definition) is 4. The maximum Gasteiger partial charge on any atom is 0.266 e. The van der Waals surface area contributed by atoms with E-state index in [2.05, 4.69) is 15.2 Å². The second-order valence-corrected chi connectivity index (χ2v) is 6.49. The van der Waals surface area contributed by atoms with E-state index in [0.717, 1.165) is 10.4 Å². The fourth-order valence-corrected chi connectivity index (χ4v) is 3.96. The summed E-state index contributed by atoms with van der Waals surface area (Å²) in [7, 11) is 0. The van der Waals surface area contributed by atoms with E-state index >= 15 is 0 Å². The van der Waals surface area contributed by atoms with E-state index in [1.165, 1.54) is 11.3 Å². The van der Waals surface area contributed by atoms with Gasteiger partial charge in [-0.3, -0.25) is 9.89 Å². The van der Waals surface area contributed by atoms with Crippen molar-refractivity contribution in [1.82, 2.24) is 15.2 Å². The van der Waals surface area contributed by atoms with Crippen LogP contribution in [0.15, 0.2) is 23.3 Å². The molecule has 1 aliphatic rings. The molecular formula is C14H11F2N3O2S. The Labute approximate surface area is 126 Å². The first-order valence-electron chi connectivity index (χ1n) is 6.68. The van der Waals surface area contributed by atoms with Gasteiger partial charge in [-0.05, 0) is 11.6 Å². The lowest BCUT2D eigenvalue weighted by Crippen LogP contribution is -2.31. The van der Waals surface area contributed by atoms with Crippen LogP contribution >= 0.6 is 11.3 Å². The fourth-order valence-electron chi connectivity index (χ4n) is 2.90. The zero-order valence-corrected chi connectivity index (χ0v) is 12.0. The Morgan fingerprint density at radius 2 is 2.27 bits per heavy atom. The third-order valence-corrected chi connectivity index (χ3v) is 5.06. The van der Waals surface area contributed by atoms with Crippen LogP contribution in [-0.2, 0) is 6.42 Å². The molecule has 3 aromatic rings. The number of pyridine rings is 1. The van der Waals surface area contributed by atoms with E-state index in [0.29, 0.717) is 15.6 Å². The van der Waals surface area contributed by atoms with Crippen LogP contribution in [0.2, 0.25) is 0 Å². The number of hydrogen-bond donors (Lipinski definition) is 3. The van der Waals surface area contributed by atoms with Crippen molar-refractivity contribution in [2.24, 2.45) is 0 Å². The van der Waals surface area contributed by atoms with Crippen LogP contribution in [0, 0.1) is 0 Å². The maximum absolute atomic E-state index is 13.8. The molecule has 22 heavy (non-hydrogen) atoms. The van der Waals surface area contributed by atoms with Crippen molar-refractivity contribution < 1.29 is 13.9 Å². The van der Waals surface area contributed by atoms with Gasteiger partial charge in [-0.1, -0.05) is 0 Å². The molecule has 0 saturated heterocycles. The summed E-state index contributed by atoms with van der Waals surface area (Å²) >= 11 is 1.23. The molecule has 0 aliphatic heterocycles. The standard InChI is InChI=1S/C14H11F2N3O2S/c15-14(16)2-8-7-1-10(6-4-17-18-5-6)22-12(7)13(21)19-11(8)9(20)3-14/h1,4-5,9,20H,2-3H2,(H,17,18)(H,19,21). The van der Waals surface area contributed by atoms with Crippen LogP contribution < -0.4 is 5.56 Å². The number of aromatic amines is 2. The molecule has 3 N–H and O–H groups in total. The Balaban J connectivity index is 2.00. The summed E-state index contributed by atoms with van der Waals surface area (Å²) in [5, 5.41) is 16.9. The molecule has 0 bridgehead atoms. The zero-order chi connectivity index (χ0) is 15.5. The van der Waals surface area contributed by atoms with E-state index in [9.17, 15) is 18.7 Å². The molecule has 0 fully saturated rings. The van der Waals surface area contributed by atoms with Gasteiger partial charge in [-0.15, -0.1) is 11.3 Å². The van der Waals surface area contributed by atoms with E-state index in [1.54, 1.807) is 18.5 Å². The number of alkyl halides is 2. The van der Waals surface area contributed by atoms with Gasteiger partial charge in [0.05, 0.1) is 18.0 Å². The predicted molar refractivity (Wildman–Crippen MR) is 78.3 cm³/mol.